The molecule has 2 rings (SSSR count). The van der Waals surface area contributed by atoms with Gasteiger partial charge in [0.2, 0.25) is 5.91 Å². The van der Waals surface area contributed by atoms with Gasteiger partial charge in [0.05, 0.1) is 5.69 Å². The molecule has 0 atom stereocenters. The number of ether oxygens (including phenoxy) is 1. The zero-order valence-corrected chi connectivity index (χ0v) is 16.1. The van der Waals surface area contributed by atoms with Gasteiger partial charge in [-0.2, -0.15) is 0 Å². The van der Waals surface area contributed by atoms with Crippen LogP contribution < -0.4 is 9.64 Å². The third-order valence-electron chi connectivity index (χ3n) is 4.53. The van der Waals surface area contributed by atoms with Crippen molar-refractivity contribution in [1.82, 2.24) is 4.90 Å². The minimum absolute atomic E-state index is 0.0199. The number of halogens is 1. The van der Waals surface area contributed by atoms with Crippen molar-refractivity contribution < 1.29 is 14.3 Å². The summed E-state index contributed by atoms with van der Waals surface area (Å²) in [7, 11) is 0. The highest BCUT2D eigenvalue weighted by molar-refractivity contribution is 9.10. The Bertz CT molecular complexity index is 602. The SMILES string of the molecule is CCC(CC)CN(CC)C(=O)CN1C(=O)COc2cc(Br)ccc21. The highest BCUT2D eigenvalue weighted by Gasteiger charge is 2.29. The van der Waals surface area contributed by atoms with Gasteiger partial charge in [0.1, 0.15) is 12.3 Å². The molecule has 1 aromatic rings. The van der Waals surface area contributed by atoms with Gasteiger partial charge in [-0.3, -0.25) is 14.5 Å². The van der Waals surface area contributed by atoms with Crippen molar-refractivity contribution in [3.8, 4) is 5.75 Å². The number of nitrogens with zero attached hydrogens (tertiary/aromatic N) is 2. The lowest BCUT2D eigenvalue weighted by atomic mass is 10.0. The van der Waals surface area contributed by atoms with Crippen LogP contribution in [-0.4, -0.2) is 43.0 Å². The van der Waals surface area contributed by atoms with E-state index in [-0.39, 0.29) is 25.0 Å². The van der Waals surface area contributed by atoms with Crippen LogP contribution >= 0.6 is 15.9 Å². The first kappa shape index (κ1) is 18.8. The number of likely N-dealkylation sites (N-methyl/N-ethyl adjacent to an activating group) is 1. The average Bonchev–Trinajstić information content (AvgIpc) is 2.58. The van der Waals surface area contributed by atoms with Gasteiger partial charge in [0.15, 0.2) is 6.61 Å². The van der Waals surface area contributed by atoms with E-state index >= 15 is 0 Å². The number of amides is 2. The fourth-order valence-corrected chi connectivity index (χ4v) is 3.19. The van der Waals surface area contributed by atoms with Crippen molar-refractivity contribution in [3.05, 3.63) is 22.7 Å². The van der Waals surface area contributed by atoms with Crippen LogP contribution in [0.3, 0.4) is 0 Å². The zero-order chi connectivity index (χ0) is 17.7. The number of hydrogen-bond donors (Lipinski definition) is 0. The van der Waals surface area contributed by atoms with Gasteiger partial charge >= 0.3 is 0 Å². The largest absolute Gasteiger partial charge is 0.482 e. The van der Waals surface area contributed by atoms with Gasteiger partial charge in [-0.15, -0.1) is 0 Å². The standard InChI is InChI=1S/C18H25BrN2O3/c1-4-13(5-2)10-20(6-3)17(22)11-21-15-8-7-14(19)9-16(15)24-12-18(21)23/h7-9,13H,4-6,10-12H2,1-3H3. The summed E-state index contributed by atoms with van der Waals surface area (Å²) in [6, 6.07) is 5.47. The molecule has 24 heavy (non-hydrogen) atoms. The molecule has 0 fully saturated rings. The number of anilines is 1. The van der Waals surface area contributed by atoms with Crippen molar-refractivity contribution in [2.45, 2.75) is 33.6 Å². The summed E-state index contributed by atoms with van der Waals surface area (Å²) >= 11 is 3.40. The third kappa shape index (κ3) is 4.29. The molecule has 0 saturated carbocycles. The molecule has 0 aliphatic carbocycles. The minimum Gasteiger partial charge on any atom is -0.482 e. The van der Waals surface area contributed by atoms with Gasteiger partial charge in [0.25, 0.3) is 5.91 Å². The lowest BCUT2D eigenvalue weighted by Gasteiger charge is -2.32. The Kier molecular flexibility index (Phi) is 6.66. The Hall–Kier alpha value is -1.56. The molecule has 0 radical (unpaired) electrons. The van der Waals surface area contributed by atoms with E-state index in [1.165, 1.54) is 4.90 Å². The number of rotatable bonds is 7. The van der Waals surface area contributed by atoms with Crippen molar-refractivity contribution in [3.63, 3.8) is 0 Å². The number of benzene rings is 1. The summed E-state index contributed by atoms with van der Waals surface area (Å²) in [5.74, 6) is 0.919. The first-order valence-electron chi connectivity index (χ1n) is 8.50. The molecule has 5 nitrogen and oxygen atoms in total. The van der Waals surface area contributed by atoms with Gasteiger partial charge < -0.3 is 9.64 Å². The molecule has 6 heteroatoms. The first-order chi connectivity index (χ1) is 11.5. The molecular weight excluding hydrogens is 372 g/mol. The molecule has 0 unspecified atom stereocenters. The maximum atomic E-state index is 12.7. The van der Waals surface area contributed by atoms with E-state index in [1.807, 2.05) is 24.0 Å². The molecule has 132 valence electrons. The van der Waals surface area contributed by atoms with Crippen LogP contribution in [0.25, 0.3) is 0 Å². The van der Waals surface area contributed by atoms with E-state index < -0.39 is 0 Å². The first-order valence-corrected chi connectivity index (χ1v) is 9.29. The van der Waals surface area contributed by atoms with Crippen LogP contribution in [0.15, 0.2) is 22.7 Å². The normalized spacial score (nSPS) is 13.7. The van der Waals surface area contributed by atoms with Crippen molar-refractivity contribution in [1.29, 1.82) is 0 Å². The minimum atomic E-state index is -0.184. The van der Waals surface area contributed by atoms with Crippen LogP contribution in [0.2, 0.25) is 0 Å². The number of fused-ring (bicyclic) bond motifs is 1. The van der Waals surface area contributed by atoms with E-state index in [1.54, 1.807) is 6.07 Å². The van der Waals surface area contributed by atoms with Crippen molar-refractivity contribution in [2.24, 2.45) is 5.92 Å². The van der Waals surface area contributed by atoms with E-state index in [2.05, 4.69) is 29.8 Å². The van der Waals surface area contributed by atoms with Crippen LogP contribution in [0.1, 0.15) is 33.6 Å². The summed E-state index contributed by atoms with van der Waals surface area (Å²) in [4.78, 5) is 28.3. The molecule has 0 spiro atoms. The number of carbonyl (C=O) groups is 2. The third-order valence-corrected chi connectivity index (χ3v) is 5.02. The molecule has 1 heterocycles. The molecule has 1 aliphatic heterocycles. The second-order valence-corrected chi connectivity index (χ2v) is 6.91. The van der Waals surface area contributed by atoms with Gasteiger partial charge in [-0.25, -0.2) is 0 Å². The number of carbonyl (C=O) groups excluding carboxylic acids is 2. The summed E-state index contributed by atoms with van der Waals surface area (Å²) in [5.41, 5.74) is 0.654. The van der Waals surface area contributed by atoms with Crippen LogP contribution in [-0.2, 0) is 9.59 Å². The average molecular weight is 397 g/mol. The molecule has 0 aromatic heterocycles. The Morgan fingerprint density at radius 3 is 2.67 bits per heavy atom. The molecule has 1 aliphatic rings. The zero-order valence-electron chi connectivity index (χ0n) is 14.5. The van der Waals surface area contributed by atoms with Crippen LogP contribution in [0.5, 0.6) is 5.75 Å². The smallest absolute Gasteiger partial charge is 0.265 e. The van der Waals surface area contributed by atoms with Crippen molar-refractivity contribution in [2.75, 3.05) is 31.1 Å². The lowest BCUT2D eigenvalue weighted by molar-refractivity contribution is -0.132. The maximum Gasteiger partial charge on any atom is 0.265 e. The summed E-state index contributed by atoms with van der Waals surface area (Å²) < 4.78 is 6.35. The topological polar surface area (TPSA) is 49.9 Å². The monoisotopic (exact) mass is 396 g/mol. The molecule has 0 N–H and O–H groups in total. The van der Waals surface area contributed by atoms with Gasteiger partial charge in [-0.1, -0.05) is 42.6 Å². The molecule has 0 saturated heterocycles. The van der Waals surface area contributed by atoms with Crippen LogP contribution in [0.4, 0.5) is 5.69 Å². The summed E-state index contributed by atoms with van der Waals surface area (Å²) in [6.07, 6.45) is 2.10. The van der Waals surface area contributed by atoms with Crippen LogP contribution in [0, 0.1) is 5.92 Å². The molecule has 0 bridgehead atoms. The second kappa shape index (κ2) is 8.51. The fraction of sp³-hybridized carbons (Fsp3) is 0.556. The fourth-order valence-electron chi connectivity index (χ4n) is 2.85. The highest BCUT2D eigenvalue weighted by atomic mass is 79.9. The lowest BCUT2D eigenvalue weighted by Crippen LogP contribution is -2.47. The Balaban J connectivity index is 2.14. The van der Waals surface area contributed by atoms with E-state index in [0.717, 1.165) is 23.9 Å². The summed E-state index contributed by atoms with van der Waals surface area (Å²) in [5, 5.41) is 0. The maximum absolute atomic E-state index is 12.7. The van der Waals surface area contributed by atoms with E-state index in [0.29, 0.717) is 23.9 Å². The van der Waals surface area contributed by atoms with Gasteiger partial charge in [-0.05, 0) is 31.0 Å². The molecule has 2 amide bonds. The molecular formula is C18H25BrN2O3. The van der Waals surface area contributed by atoms with E-state index in [4.69, 9.17) is 4.74 Å². The molecule has 1 aromatic carbocycles. The van der Waals surface area contributed by atoms with E-state index in [9.17, 15) is 9.59 Å². The highest BCUT2D eigenvalue weighted by Crippen LogP contribution is 2.34. The Labute approximate surface area is 152 Å². The predicted octanol–water partition coefficient (Wildman–Crippen LogP) is 3.46. The van der Waals surface area contributed by atoms with Gasteiger partial charge in [0, 0.05) is 17.6 Å². The second-order valence-electron chi connectivity index (χ2n) is 6.00. The Morgan fingerprint density at radius 2 is 2.04 bits per heavy atom. The summed E-state index contributed by atoms with van der Waals surface area (Å²) in [6.45, 7) is 7.69. The van der Waals surface area contributed by atoms with Crippen molar-refractivity contribution >= 4 is 33.4 Å². The number of hydrogen-bond acceptors (Lipinski definition) is 3. The quantitative estimate of drug-likeness (QED) is 0.708. The predicted molar refractivity (Wildman–Crippen MR) is 98.3 cm³/mol. The Morgan fingerprint density at radius 1 is 1.33 bits per heavy atom.